The number of nitrogen functional groups attached to an aromatic ring is 1. The maximum absolute atomic E-state index is 12.5. The summed E-state index contributed by atoms with van der Waals surface area (Å²) in [6, 6.07) is 6.08. The second kappa shape index (κ2) is 5.78. The number of esters is 1. The minimum Gasteiger partial charge on any atom is -0.464 e. The van der Waals surface area contributed by atoms with Crippen molar-refractivity contribution in [3.05, 3.63) is 35.8 Å². The molecule has 0 atom stereocenters. The molecule has 6 nitrogen and oxygen atoms in total. The van der Waals surface area contributed by atoms with E-state index >= 15 is 0 Å². The van der Waals surface area contributed by atoms with Gasteiger partial charge in [0.05, 0.1) is 12.8 Å². The number of carbonyl (C=O) groups is 1. The van der Waals surface area contributed by atoms with Gasteiger partial charge >= 0.3 is 12.6 Å². The number of halogens is 2. The lowest BCUT2D eigenvalue weighted by Crippen LogP contribution is -2.10. The fourth-order valence-electron chi connectivity index (χ4n) is 1.94. The number of alkyl halides is 2. The highest BCUT2D eigenvalue weighted by Crippen LogP contribution is 2.29. The van der Waals surface area contributed by atoms with Crippen LogP contribution in [0.4, 0.5) is 14.6 Å². The number of carbonyl (C=O) groups excluding carboxylic acids is 1. The molecule has 0 aliphatic heterocycles. The van der Waals surface area contributed by atoms with Crippen molar-refractivity contribution in [1.29, 1.82) is 0 Å². The molecule has 2 N–H and O–H groups in total. The van der Waals surface area contributed by atoms with Crippen molar-refractivity contribution in [2.45, 2.75) is 13.5 Å². The number of hydrogen-bond donors (Lipinski definition) is 1. The summed E-state index contributed by atoms with van der Waals surface area (Å²) >= 11 is 0. The molecule has 0 amide bonds. The molecule has 0 unspecified atom stereocenters. The number of ether oxygens (including phenoxy) is 2. The minimum atomic E-state index is -2.98. The molecular weight excluding hydrogens is 284 g/mol. The highest BCUT2D eigenvalue weighted by Gasteiger charge is 2.22. The van der Waals surface area contributed by atoms with Crippen LogP contribution in [0.2, 0.25) is 0 Å². The van der Waals surface area contributed by atoms with E-state index in [9.17, 15) is 13.6 Å². The predicted molar refractivity (Wildman–Crippen MR) is 70.7 cm³/mol. The molecule has 2 rings (SSSR count). The van der Waals surface area contributed by atoms with Crippen LogP contribution in [-0.4, -0.2) is 29.2 Å². The molecule has 21 heavy (non-hydrogen) atoms. The topological polar surface area (TPSA) is 79.4 Å². The lowest BCUT2D eigenvalue weighted by molar-refractivity contribution is -0.0498. The molecule has 0 bridgehead atoms. The molecular formula is C13H13F2N3O3. The molecule has 0 fully saturated rings. The second-order valence-electron chi connectivity index (χ2n) is 4.07. The Hall–Kier alpha value is -2.64. The lowest BCUT2D eigenvalue weighted by atomic mass is 10.3. The number of imidazole rings is 1. The summed E-state index contributed by atoms with van der Waals surface area (Å²) in [5, 5.41) is 0. The van der Waals surface area contributed by atoms with E-state index in [4.69, 9.17) is 5.73 Å². The van der Waals surface area contributed by atoms with Crippen molar-refractivity contribution >= 4 is 11.8 Å². The number of aryl methyl sites for hydroxylation is 1. The maximum atomic E-state index is 12.5. The number of hydrogen-bond acceptors (Lipinski definition) is 5. The molecule has 0 aliphatic rings. The molecule has 0 spiro atoms. The highest BCUT2D eigenvalue weighted by atomic mass is 19.3. The van der Waals surface area contributed by atoms with E-state index < -0.39 is 12.6 Å². The summed E-state index contributed by atoms with van der Waals surface area (Å²) in [6.45, 7) is -1.39. The Morgan fingerprint density at radius 3 is 2.67 bits per heavy atom. The number of benzene rings is 1. The van der Waals surface area contributed by atoms with Crippen LogP contribution in [-0.2, 0) is 4.74 Å². The quantitative estimate of drug-likeness (QED) is 0.875. The Balaban J connectivity index is 2.57. The van der Waals surface area contributed by atoms with Crippen molar-refractivity contribution in [3.63, 3.8) is 0 Å². The average molecular weight is 297 g/mol. The van der Waals surface area contributed by atoms with Gasteiger partial charge in [-0.3, -0.25) is 4.57 Å². The largest absolute Gasteiger partial charge is 0.464 e. The molecule has 1 heterocycles. The Kier molecular flexibility index (Phi) is 4.06. The van der Waals surface area contributed by atoms with Gasteiger partial charge in [0.25, 0.3) is 0 Å². The molecule has 0 aliphatic carbocycles. The van der Waals surface area contributed by atoms with Crippen LogP contribution in [0.25, 0.3) is 5.69 Å². The van der Waals surface area contributed by atoms with E-state index in [0.717, 1.165) is 0 Å². The van der Waals surface area contributed by atoms with Gasteiger partial charge in [0.2, 0.25) is 0 Å². The summed E-state index contributed by atoms with van der Waals surface area (Å²) in [4.78, 5) is 15.6. The Labute approximate surface area is 119 Å². The zero-order valence-electron chi connectivity index (χ0n) is 11.3. The number of nitrogens with zero attached hydrogens (tertiary/aromatic N) is 2. The Bertz CT molecular complexity index is 671. The molecule has 1 aromatic carbocycles. The average Bonchev–Trinajstić information content (AvgIpc) is 2.73. The van der Waals surface area contributed by atoms with Crippen LogP contribution in [0.5, 0.6) is 5.75 Å². The third-order valence-corrected chi connectivity index (χ3v) is 2.78. The van der Waals surface area contributed by atoms with Crippen molar-refractivity contribution in [3.8, 4) is 11.4 Å². The van der Waals surface area contributed by atoms with Gasteiger partial charge in [-0.2, -0.15) is 8.78 Å². The summed E-state index contributed by atoms with van der Waals surface area (Å²) in [6.07, 6.45) is 0. The van der Waals surface area contributed by atoms with E-state index in [-0.39, 0.29) is 22.9 Å². The number of aromatic nitrogens is 2. The van der Waals surface area contributed by atoms with Gasteiger partial charge < -0.3 is 15.2 Å². The molecule has 1 aromatic heterocycles. The Morgan fingerprint density at radius 2 is 2.05 bits per heavy atom. The highest BCUT2D eigenvalue weighted by molar-refractivity contribution is 5.92. The van der Waals surface area contributed by atoms with Crippen molar-refractivity contribution in [1.82, 2.24) is 9.55 Å². The zero-order valence-corrected chi connectivity index (χ0v) is 11.3. The first-order chi connectivity index (χ1) is 9.95. The fraction of sp³-hybridized carbons (Fsp3) is 0.231. The number of nitrogens with two attached hydrogens (primary N) is 1. The first-order valence-corrected chi connectivity index (χ1v) is 5.93. The van der Waals surface area contributed by atoms with Crippen molar-refractivity contribution < 1.29 is 23.0 Å². The molecule has 0 radical (unpaired) electrons. The number of anilines is 1. The third-order valence-electron chi connectivity index (χ3n) is 2.78. The number of rotatable bonds is 4. The molecule has 0 saturated carbocycles. The normalized spacial score (nSPS) is 10.7. The summed E-state index contributed by atoms with van der Waals surface area (Å²) < 4.78 is 35.3. The summed E-state index contributed by atoms with van der Waals surface area (Å²) in [5.41, 5.74) is 6.05. The standard InChI is InChI=1S/C13H13F2N3O3/c1-7-17-10(12(19)20-2)11(16)18(7)8-5-3-4-6-9(8)21-13(14)15/h3-6,13H,16H2,1-2H3. The van der Waals surface area contributed by atoms with Crippen molar-refractivity contribution in [2.75, 3.05) is 12.8 Å². The van der Waals surface area contributed by atoms with E-state index in [2.05, 4.69) is 14.5 Å². The Morgan fingerprint density at radius 1 is 1.38 bits per heavy atom. The van der Waals surface area contributed by atoms with Gasteiger partial charge in [-0.25, -0.2) is 9.78 Å². The van der Waals surface area contributed by atoms with E-state index in [1.54, 1.807) is 19.1 Å². The monoisotopic (exact) mass is 297 g/mol. The van der Waals surface area contributed by atoms with Crippen molar-refractivity contribution in [2.24, 2.45) is 0 Å². The summed E-state index contributed by atoms with van der Waals surface area (Å²) in [5.74, 6) is -0.444. The predicted octanol–water partition coefficient (Wildman–Crippen LogP) is 2.15. The number of para-hydroxylation sites is 2. The summed E-state index contributed by atoms with van der Waals surface area (Å²) in [7, 11) is 1.20. The van der Waals surface area contributed by atoms with Gasteiger partial charge in [0.15, 0.2) is 5.69 Å². The fourth-order valence-corrected chi connectivity index (χ4v) is 1.94. The second-order valence-corrected chi connectivity index (χ2v) is 4.07. The van der Waals surface area contributed by atoms with E-state index in [1.807, 2.05) is 0 Å². The molecule has 2 aromatic rings. The van der Waals surface area contributed by atoms with Gasteiger partial charge in [-0.1, -0.05) is 12.1 Å². The lowest BCUT2D eigenvalue weighted by Gasteiger charge is -2.13. The molecule has 0 saturated heterocycles. The van der Waals surface area contributed by atoms with Crippen LogP contribution in [0.15, 0.2) is 24.3 Å². The van der Waals surface area contributed by atoms with Crippen LogP contribution in [0.3, 0.4) is 0 Å². The zero-order chi connectivity index (χ0) is 15.6. The van der Waals surface area contributed by atoms with Crippen LogP contribution in [0, 0.1) is 6.92 Å². The van der Waals surface area contributed by atoms with Gasteiger partial charge in [0.1, 0.15) is 17.4 Å². The van der Waals surface area contributed by atoms with Crippen LogP contribution >= 0.6 is 0 Å². The third kappa shape index (κ3) is 2.78. The van der Waals surface area contributed by atoms with Gasteiger partial charge in [-0.15, -0.1) is 0 Å². The molecule has 8 heteroatoms. The first kappa shape index (κ1) is 14.8. The molecule has 112 valence electrons. The maximum Gasteiger partial charge on any atom is 0.387 e. The van der Waals surface area contributed by atoms with E-state index in [0.29, 0.717) is 5.82 Å². The van der Waals surface area contributed by atoms with Gasteiger partial charge in [-0.05, 0) is 19.1 Å². The number of methoxy groups -OCH3 is 1. The van der Waals surface area contributed by atoms with Crippen LogP contribution < -0.4 is 10.5 Å². The van der Waals surface area contributed by atoms with E-state index in [1.165, 1.54) is 23.8 Å². The minimum absolute atomic E-state index is 0.00957. The van der Waals surface area contributed by atoms with Crippen LogP contribution in [0.1, 0.15) is 16.3 Å². The van der Waals surface area contributed by atoms with Gasteiger partial charge in [0, 0.05) is 0 Å². The SMILES string of the molecule is COC(=O)c1nc(C)n(-c2ccccc2OC(F)F)c1N. The smallest absolute Gasteiger partial charge is 0.387 e. The first-order valence-electron chi connectivity index (χ1n) is 5.93.